The monoisotopic (exact) mass is 266 g/mol. The van der Waals surface area contributed by atoms with Crippen molar-refractivity contribution in [2.45, 2.75) is 25.0 Å². The van der Waals surface area contributed by atoms with Gasteiger partial charge in [0.05, 0.1) is 13.2 Å². The van der Waals surface area contributed by atoms with Gasteiger partial charge in [0.25, 0.3) is 5.91 Å². The highest BCUT2D eigenvalue weighted by Gasteiger charge is 2.30. The Kier molecular flexibility index (Phi) is 4.59. The lowest BCUT2D eigenvalue weighted by atomic mass is 10.2. The maximum Gasteiger partial charge on any atom is 0.263 e. The predicted octanol–water partition coefficient (Wildman–Crippen LogP) is 0.612. The molecule has 1 aliphatic rings. The number of carbonyl (C=O) groups is 1. The van der Waals surface area contributed by atoms with Gasteiger partial charge >= 0.3 is 0 Å². The first-order valence-corrected chi connectivity index (χ1v) is 6.15. The van der Waals surface area contributed by atoms with Gasteiger partial charge in [0.2, 0.25) is 0 Å². The fourth-order valence-corrected chi connectivity index (χ4v) is 1.99. The van der Waals surface area contributed by atoms with Crippen LogP contribution in [0.15, 0.2) is 24.3 Å². The van der Waals surface area contributed by atoms with Crippen LogP contribution in [0, 0.1) is 0 Å². The molecule has 0 saturated carbocycles. The van der Waals surface area contributed by atoms with Gasteiger partial charge < -0.3 is 14.2 Å². The van der Waals surface area contributed by atoms with Crippen LogP contribution in [-0.4, -0.2) is 31.8 Å². The quantitative estimate of drug-likeness (QED) is 0.463. The van der Waals surface area contributed by atoms with E-state index in [1.807, 2.05) is 18.2 Å². The van der Waals surface area contributed by atoms with Gasteiger partial charge in [-0.05, 0) is 25.0 Å². The molecular weight excluding hydrogens is 248 g/mol. The Balaban J connectivity index is 1.81. The van der Waals surface area contributed by atoms with Crippen molar-refractivity contribution in [1.29, 1.82) is 0 Å². The van der Waals surface area contributed by atoms with E-state index in [0.29, 0.717) is 13.0 Å². The molecule has 19 heavy (non-hydrogen) atoms. The average Bonchev–Trinajstić information content (AvgIpc) is 2.93. The molecule has 1 aliphatic heterocycles. The molecule has 6 heteroatoms. The molecule has 1 saturated heterocycles. The fraction of sp³-hybridized carbons (Fsp3) is 0.462. The minimum atomic E-state index is -0.469. The van der Waals surface area contributed by atoms with E-state index in [1.165, 1.54) is 0 Å². The molecule has 0 aliphatic carbocycles. The minimum Gasteiger partial charge on any atom is -0.497 e. The van der Waals surface area contributed by atoms with Crippen molar-refractivity contribution < 1.29 is 19.0 Å². The summed E-state index contributed by atoms with van der Waals surface area (Å²) in [5.41, 5.74) is 2.10. The predicted molar refractivity (Wildman–Crippen MR) is 68.7 cm³/mol. The van der Waals surface area contributed by atoms with Gasteiger partial charge in [0, 0.05) is 6.07 Å². The molecule has 0 radical (unpaired) electrons. The van der Waals surface area contributed by atoms with E-state index in [9.17, 15) is 4.79 Å². The van der Waals surface area contributed by atoms with Gasteiger partial charge in [-0.1, -0.05) is 6.07 Å². The number of benzene rings is 1. The Bertz CT molecular complexity index is 438. The molecule has 1 aromatic carbocycles. The number of carbonyl (C=O) groups excluding carboxylic acids is 1. The molecule has 6 nitrogen and oxygen atoms in total. The standard InChI is InChI=1S/C13H18N2O4/c1-17-9-3-2-4-10(7-9)18-8-11-5-6-12(19-11)13(16)15-14/h2-4,7,11-12H,5-6,8,14H2,1H3,(H,15,16). The largest absolute Gasteiger partial charge is 0.497 e. The zero-order chi connectivity index (χ0) is 13.7. The van der Waals surface area contributed by atoms with E-state index in [-0.39, 0.29) is 12.0 Å². The summed E-state index contributed by atoms with van der Waals surface area (Å²) in [4.78, 5) is 11.3. The highest BCUT2D eigenvalue weighted by Crippen LogP contribution is 2.23. The zero-order valence-electron chi connectivity index (χ0n) is 10.8. The molecule has 1 aromatic rings. The van der Waals surface area contributed by atoms with Crippen molar-refractivity contribution in [3.63, 3.8) is 0 Å². The van der Waals surface area contributed by atoms with Crippen LogP contribution in [0.1, 0.15) is 12.8 Å². The van der Waals surface area contributed by atoms with Gasteiger partial charge in [-0.15, -0.1) is 0 Å². The van der Waals surface area contributed by atoms with Gasteiger partial charge in [0.15, 0.2) is 0 Å². The summed E-state index contributed by atoms with van der Waals surface area (Å²) >= 11 is 0. The number of methoxy groups -OCH3 is 1. The summed E-state index contributed by atoms with van der Waals surface area (Å²) in [6.45, 7) is 0.404. The maximum atomic E-state index is 11.3. The lowest BCUT2D eigenvalue weighted by Crippen LogP contribution is -2.39. The first-order chi connectivity index (χ1) is 9.22. The number of hydrogen-bond donors (Lipinski definition) is 2. The highest BCUT2D eigenvalue weighted by atomic mass is 16.5. The molecule has 104 valence electrons. The molecule has 1 heterocycles. The molecule has 2 rings (SSSR count). The average molecular weight is 266 g/mol. The number of hydrogen-bond acceptors (Lipinski definition) is 5. The highest BCUT2D eigenvalue weighted by molar-refractivity contribution is 5.80. The minimum absolute atomic E-state index is 0.0894. The lowest BCUT2D eigenvalue weighted by molar-refractivity contribution is -0.132. The maximum absolute atomic E-state index is 11.3. The number of nitrogens with one attached hydrogen (secondary N) is 1. The third-order valence-electron chi connectivity index (χ3n) is 3.02. The third-order valence-corrected chi connectivity index (χ3v) is 3.02. The Morgan fingerprint density at radius 1 is 1.47 bits per heavy atom. The topological polar surface area (TPSA) is 82.8 Å². The Labute approximate surface area is 111 Å². The zero-order valence-corrected chi connectivity index (χ0v) is 10.8. The fourth-order valence-electron chi connectivity index (χ4n) is 1.99. The van der Waals surface area contributed by atoms with Crippen LogP contribution in [0.5, 0.6) is 11.5 Å². The van der Waals surface area contributed by atoms with E-state index in [4.69, 9.17) is 20.1 Å². The van der Waals surface area contributed by atoms with Crippen molar-refractivity contribution in [3.8, 4) is 11.5 Å². The van der Waals surface area contributed by atoms with E-state index in [2.05, 4.69) is 5.43 Å². The normalized spacial score (nSPS) is 22.0. The summed E-state index contributed by atoms with van der Waals surface area (Å²) in [5, 5.41) is 0. The van der Waals surface area contributed by atoms with Gasteiger partial charge in [-0.25, -0.2) is 5.84 Å². The SMILES string of the molecule is COc1cccc(OCC2CCC(C(=O)NN)O2)c1. The summed E-state index contributed by atoms with van der Waals surface area (Å²) in [6, 6.07) is 7.36. The molecular formula is C13H18N2O4. The third kappa shape index (κ3) is 3.59. The van der Waals surface area contributed by atoms with Crippen LogP contribution < -0.4 is 20.7 Å². The Hall–Kier alpha value is -1.79. The van der Waals surface area contributed by atoms with Crippen molar-refractivity contribution in [1.82, 2.24) is 5.43 Å². The number of hydrazine groups is 1. The van der Waals surface area contributed by atoms with Crippen LogP contribution >= 0.6 is 0 Å². The van der Waals surface area contributed by atoms with E-state index >= 15 is 0 Å². The smallest absolute Gasteiger partial charge is 0.263 e. The summed E-state index contributed by atoms with van der Waals surface area (Å²) in [5.74, 6) is 6.24. The number of ether oxygens (including phenoxy) is 3. The number of rotatable bonds is 5. The van der Waals surface area contributed by atoms with Gasteiger partial charge in [-0.2, -0.15) is 0 Å². The van der Waals surface area contributed by atoms with Crippen molar-refractivity contribution >= 4 is 5.91 Å². The molecule has 3 N–H and O–H groups in total. The van der Waals surface area contributed by atoms with Crippen LogP contribution in [0.3, 0.4) is 0 Å². The first kappa shape index (κ1) is 13.6. The Morgan fingerprint density at radius 3 is 3.00 bits per heavy atom. The molecule has 0 spiro atoms. The summed E-state index contributed by atoms with van der Waals surface area (Å²) in [7, 11) is 1.61. The van der Waals surface area contributed by atoms with Gasteiger partial charge in [0.1, 0.15) is 24.2 Å². The second-order valence-corrected chi connectivity index (χ2v) is 4.32. The van der Waals surface area contributed by atoms with E-state index in [1.54, 1.807) is 13.2 Å². The van der Waals surface area contributed by atoms with Crippen LogP contribution in [0.25, 0.3) is 0 Å². The van der Waals surface area contributed by atoms with Crippen molar-refractivity contribution in [3.05, 3.63) is 24.3 Å². The second kappa shape index (κ2) is 6.40. The number of nitrogens with two attached hydrogens (primary N) is 1. The molecule has 1 amide bonds. The van der Waals surface area contributed by atoms with E-state index < -0.39 is 6.10 Å². The lowest BCUT2D eigenvalue weighted by Gasteiger charge is -2.14. The van der Waals surface area contributed by atoms with Crippen LogP contribution in [0.2, 0.25) is 0 Å². The van der Waals surface area contributed by atoms with Gasteiger partial charge in [-0.3, -0.25) is 10.2 Å². The van der Waals surface area contributed by atoms with Crippen molar-refractivity contribution in [2.75, 3.05) is 13.7 Å². The van der Waals surface area contributed by atoms with Crippen molar-refractivity contribution in [2.24, 2.45) is 5.84 Å². The second-order valence-electron chi connectivity index (χ2n) is 4.32. The molecule has 0 bridgehead atoms. The Morgan fingerprint density at radius 2 is 2.26 bits per heavy atom. The molecule has 2 atom stereocenters. The van der Waals surface area contributed by atoms with Crippen LogP contribution in [0.4, 0.5) is 0 Å². The van der Waals surface area contributed by atoms with Crippen LogP contribution in [-0.2, 0) is 9.53 Å². The summed E-state index contributed by atoms with van der Waals surface area (Å²) < 4.78 is 16.3. The molecule has 0 aromatic heterocycles. The molecule has 2 unspecified atom stereocenters. The van der Waals surface area contributed by atoms with E-state index in [0.717, 1.165) is 17.9 Å². The molecule has 1 fully saturated rings. The number of amides is 1. The summed E-state index contributed by atoms with van der Waals surface area (Å²) in [6.07, 6.45) is 0.884. The first-order valence-electron chi connectivity index (χ1n) is 6.15.